The molecular weight excluding hydrogens is 294 g/mol. The molecule has 0 saturated carbocycles. The van der Waals surface area contributed by atoms with Crippen LogP contribution in [-0.2, 0) is 17.8 Å². The predicted molar refractivity (Wildman–Crippen MR) is 83.7 cm³/mol. The van der Waals surface area contributed by atoms with Gasteiger partial charge >= 0.3 is 0 Å². The van der Waals surface area contributed by atoms with Crippen molar-refractivity contribution in [1.82, 2.24) is 24.6 Å². The van der Waals surface area contributed by atoms with Crippen LogP contribution < -0.4 is 0 Å². The van der Waals surface area contributed by atoms with E-state index in [0.717, 1.165) is 17.9 Å². The summed E-state index contributed by atoms with van der Waals surface area (Å²) in [7, 11) is 0. The van der Waals surface area contributed by atoms with Gasteiger partial charge in [0.05, 0.1) is 30.7 Å². The minimum Gasteiger partial charge on any atom is -0.381 e. The molecule has 2 aromatic rings. The maximum absolute atomic E-state index is 12.8. The van der Waals surface area contributed by atoms with Gasteiger partial charge < -0.3 is 9.64 Å². The summed E-state index contributed by atoms with van der Waals surface area (Å²) >= 11 is 0. The van der Waals surface area contributed by atoms with Gasteiger partial charge in [-0.05, 0) is 19.9 Å². The SMILES string of the molecule is CCOCC1CN(C(=O)c2cnc(C)cn2)Cc2ccnn2C1. The molecule has 0 spiro atoms. The van der Waals surface area contributed by atoms with Crippen molar-refractivity contribution >= 4 is 5.91 Å². The minimum absolute atomic E-state index is 0.103. The van der Waals surface area contributed by atoms with Crippen molar-refractivity contribution in [2.45, 2.75) is 26.9 Å². The Bertz CT molecular complexity index is 667. The highest BCUT2D eigenvalue weighted by molar-refractivity contribution is 5.92. The molecule has 7 heteroatoms. The lowest BCUT2D eigenvalue weighted by Crippen LogP contribution is -2.35. The van der Waals surface area contributed by atoms with E-state index in [1.54, 1.807) is 12.4 Å². The van der Waals surface area contributed by atoms with Crippen LogP contribution in [0.15, 0.2) is 24.7 Å². The first-order chi connectivity index (χ1) is 11.2. The molecule has 23 heavy (non-hydrogen) atoms. The Morgan fingerprint density at radius 2 is 2.22 bits per heavy atom. The van der Waals surface area contributed by atoms with E-state index in [1.807, 2.05) is 29.5 Å². The Kier molecular flexibility index (Phi) is 4.66. The second-order valence-corrected chi connectivity index (χ2v) is 5.76. The highest BCUT2D eigenvalue weighted by atomic mass is 16.5. The lowest BCUT2D eigenvalue weighted by atomic mass is 10.1. The second-order valence-electron chi connectivity index (χ2n) is 5.76. The fourth-order valence-corrected chi connectivity index (χ4v) is 2.74. The summed E-state index contributed by atoms with van der Waals surface area (Å²) in [6.45, 7) is 7.00. The molecule has 3 heterocycles. The Balaban J connectivity index is 1.82. The van der Waals surface area contributed by atoms with E-state index in [9.17, 15) is 4.79 Å². The van der Waals surface area contributed by atoms with E-state index in [0.29, 0.717) is 32.0 Å². The molecule has 0 aliphatic carbocycles. The first-order valence-corrected chi connectivity index (χ1v) is 7.83. The van der Waals surface area contributed by atoms with Crippen molar-refractivity contribution < 1.29 is 9.53 Å². The van der Waals surface area contributed by atoms with Crippen LogP contribution in [0.3, 0.4) is 0 Å². The van der Waals surface area contributed by atoms with Gasteiger partial charge in [0.1, 0.15) is 5.69 Å². The first-order valence-electron chi connectivity index (χ1n) is 7.83. The maximum Gasteiger partial charge on any atom is 0.274 e. The molecule has 1 atom stereocenters. The molecule has 3 rings (SSSR count). The summed E-state index contributed by atoms with van der Waals surface area (Å²) in [4.78, 5) is 23.0. The number of fused-ring (bicyclic) bond motifs is 1. The summed E-state index contributed by atoms with van der Waals surface area (Å²) in [5, 5.41) is 4.35. The van der Waals surface area contributed by atoms with Gasteiger partial charge in [-0.15, -0.1) is 0 Å². The Morgan fingerprint density at radius 1 is 1.35 bits per heavy atom. The summed E-state index contributed by atoms with van der Waals surface area (Å²) in [6, 6.07) is 1.95. The van der Waals surface area contributed by atoms with Gasteiger partial charge in [-0.1, -0.05) is 0 Å². The van der Waals surface area contributed by atoms with Crippen LogP contribution in [0.4, 0.5) is 0 Å². The number of hydrogen-bond donors (Lipinski definition) is 0. The van der Waals surface area contributed by atoms with Gasteiger partial charge in [-0.25, -0.2) is 4.98 Å². The number of carbonyl (C=O) groups is 1. The van der Waals surface area contributed by atoms with E-state index in [4.69, 9.17) is 4.74 Å². The largest absolute Gasteiger partial charge is 0.381 e. The molecule has 1 unspecified atom stereocenters. The van der Waals surface area contributed by atoms with E-state index in [2.05, 4.69) is 15.1 Å². The average molecular weight is 315 g/mol. The predicted octanol–water partition coefficient (Wildman–Crippen LogP) is 1.29. The summed E-state index contributed by atoms with van der Waals surface area (Å²) in [5.74, 6) is 0.104. The molecule has 0 aromatic carbocycles. The maximum atomic E-state index is 12.8. The number of rotatable bonds is 4. The van der Waals surface area contributed by atoms with Crippen molar-refractivity contribution in [2.75, 3.05) is 19.8 Å². The summed E-state index contributed by atoms with van der Waals surface area (Å²) < 4.78 is 7.52. The van der Waals surface area contributed by atoms with E-state index >= 15 is 0 Å². The lowest BCUT2D eigenvalue weighted by molar-refractivity contribution is 0.0612. The Morgan fingerprint density at radius 3 is 2.96 bits per heavy atom. The third kappa shape index (κ3) is 3.56. The van der Waals surface area contributed by atoms with E-state index < -0.39 is 0 Å². The number of aromatic nitrogens is 4. The van der Waals surface area contributed by atoms with Crippen molar-refractivity contribution in [2.24, 2.45) is 5.92 Å². The molecule has 1 aliphatic rings. The van der Waals surface area contributed by atoms with E-state index in [1.165, 1.54) is 6.20 Å². The third-order valence-electron chi connectivity index (χ3n) is 3.91. The van der Waals surface area contributed by atoms with Crippen LogP contribution in [0.1, 0.15) is 28.8 Å². The van der Waals surface area contributed by atoms with Crippen LogP contribution in [0, 0.1) is 12.8 Å². The number of nitrogens with zero attached hydrogens (tertiary/aromatic N) is 5. The molecule has 0 fully saturated rings. The van der Waals surface area contributed by atoms with Crippen molar-refractivity contribution in [3.05, 3.63) is 41.7 Å². The molecule has 2 aromatic heterocycles. The van der Waals surface area contributed by atoms with E-state index in [-0.39, 0.29) is 11.8 Å². The normalized spacial score (nSPS) is 17.7. The zero-order valence-corrected chi connectivity index (χ0v) is 13.5. The highest BCUT2D eigenvalue weighted by Crippen LogP contribution is 2.18. The lowest BCUT2D eigenvalue weighted by Gasteiger charge is -2.23. The van der Waals surface area contributed by atoms with Gasteiger partial charge in [0.15, 0.2) is 0 Å². The first kappa shape index (κ1) is 15.6. The van der Waals surface area contributed by atoms with Gasteiger partial charge in [0.25, 0.3) is 5.91 Å². The fourth-order valence-electron chi connectivity index (χ4n) is 2.74. The molecule has 0 N–H and O–H groups in total. The minimum atomic E-state index is -0.103. The van der Waals surface area contributed by atoms with Gasteiger partial charge in [0.2, 0.25) is 0 Å². The molecule has 122 valence electrons. The van der Waals surface area contributed by atoms with Crippen LogP contribution in [0.2, 0.25) is 0 Å². The Hall–Kier alpha value is -2.28. The monoisotopic (exact) mass is 315 g/mol. The highest BCUT2D eigenvalue weighted by Gasteiger charge is 2.27. The smallest absolute Gasteiger partial charge is 0.274 e. The molecular formula is C16H21N5O2. The average Bonchev–Trinajstić information content (AvgIpc) is 2.91. The topological polar surface area (TPSA) is 73.1 Å². The number of amides is 1. The van der Waals surface area contributed by atoms with Gasteiger partial charge in [0, 0.05) is 38.0 Å². The molecule has 0 bridgehead atoms. The van der Waals surface area contributed by atoms with Crippen LogP contribution in [0.25, 0.3) is 0 Å². The molecule has 1 aliphatic heterocycles. The standard InChI is InChI=1S/C16H21N5O2/c1-3-23-11-13-8-20(10-14-4-5-19-21(14)9-13)16(22)15-7-17-12(2)6-18-15/h4-7,13H,3,8-11H2,1-2H3. The van der Waals surface area contributed by atoms with Crippen molar-refractivity contribution in [3.63, 3.8) is 0 Å². The number of ether oxygens (including phenoxy) is 1. The van der Waals surface area contributed by atoms with Crippen molar-refractivity contribution in [3.8, 4) is 0 Å². The molecule has 0 saturated heterocycles. The number of aryl methyl sites for hydroxylation is 1. The Labute approximate surface area is 135 Å². The second kappa shape index (κ2) is 6.87. The molecule has 1 amide bonds. The zero-order chi connectivity index (χ0) is 16.2. The van der Waals surface area contributed by atoms with Gasteiger partial charge in [-0.2, -0.15) is 5.10 Å². The van der Waals surface area contributed by atoms with Crippen LogP contribution >= 0.6 is 0 Å². The van der Waals surface area contributed by atoms with Crippen LogP contribution in [0.5, 0.6) is 0 Å². The molecule has 0 radical (unpaired) electrons. The quantitative estimate of drug-likeness (QED) is 0.850. The van der Waals surface area contributed by atoms with Crippen LogP contribution in [-0.4, -0.2) is 50.3 Å². The summed E-state index contributed by atoms with van der Waals surface area (Å²) in [5.41, 5.74) is 2.20. The number of carbonyl (C=O) groups excluding carboxylic acids is 1. The zero-order valence-electron chi connectivity index (χ0n) is 13.5. The number of hydrogen-bond acceptors (Lipinski definition) is 5. The van der Waals surface area contributed by atoms with Gasteiger partial charge in [-0.3, -0.25) is 14.5 Å². The third-order valence-corrected chi connectivity index (χ3v) is 3.91. The fraction of sp³-hybridized carbons (Fsp3) is 0.500. The molecule has 7 nitrogen and oxygen atoms in total. The van der Waals surface area contributed by atoms with Crippen molar-refractivity contribution in [1.29, 1.82) is 0 Å². The summed E-state index contributed by atoms with van der Waals surface area (Å²) in [6.07, 6.45) is 4.93.